The second-order valence-electron chi connectivity index (χ2n) is 9.08. The van der Waals surface area contributed by atoms with Crippen LogP contribution in [0.15, 0.2) is 65.6 Å². The van der Waals surface area contributed by atoms with Gasteiger partial charge in [-0.2, -0.15) is 0 Å². The lowest BCUT2D eigenvalue weighted by Gasteiger charge is -2.33. The van der Waals surface area contributed by atoms with Gasteiger partial charge >= 0.3 is 0 Å². The lowest BCUT2D eigenvalue weighted by molar-refractivity contribution is 0.194. The molecule has 3 atom stereocenters. The van der Waals surface area contributed by atoms with Gasteiger partial charge in [0.05, 0.1) is 9.64 Å². The molecule has 2 aliphatic rings. The van der Waals surface area contributed by atoms with Crippen LogP contribution >= 0.6 is 0 Å². The Hall–Kier alpha value is -1.65. The SMILES string of the molecule is CC(C)(CCCN1C[C@H]2C[C@@H]1C[C@H]2c1ccccc1)S(=O)(=O)c1ccccc1. The Labute approximate surface area is 169 Å². The van der Waals surface area contributed by atoms with Gasteiger partial charge in [0.1, 0.15) is 0 Å². The highest BCUT2D eigenvalue weighted by molar-refractivity contribution is 7.92. The molecule has 4 heteroatoms. The van der Waals surface area contributed by atoms with Gasteiger partial charge in [-0.15, -0.1) is 0 Å². The zero-order valence-corrected chi connectivity index (χ0v) is 17.7. The molecule has 2 aromatic carbocycles. The molecule has 2 bridgehead atoms. The van der Waals surface area contributed by atoms with E-state index in [0.29, 0.717) is 23.3 Å². The van der Waals surface area contributed by atoms with E-state index >= 15 is 0 Å². The van der Waals surface area contributed by atoms with Crippen molar-refractivity contribution in [1.82, 2.24) is 4.90 Å². The second kappa shape index (κ2) is 7.64. The molecule has 0 unspecified atom stereocenters. The normalized spacial score (nSPS) is 25.3. The van der Waals surface area contributed by atoms with E-state index in [9.17, 15) is 8.42 Å². The third kappa shape index (κ3) is 3.65. The highest BCUT2D eigenvalue weighted by Gasteiger charge is 2.45. The van der Waals surface area contributed by atoms with Crippen LogP contribution < -0.4 is 0 Å². The molecule has 0 spiro atoms. The monoisotopic (exact) mass is 397 g/mol. The van der Waals surface area contributed by atoms with Gasteiger partial charge in [-0.1, -0.05) is 48.5 Å². The maximum atomic E-state index is 13.0. The van der Waals surface area contributed by atoms with Crippen LogP contribution in [0.2, 0.25) is 0 Å². The minimum absolute atomic E-state index is 0.436. The van der Waals surface area contributed by atoms with E-state index < -0.39 is 14.6 Å². The lowest BCUT2D eigenvalue weighted by Crippen LogP contribution is -2.37. The standard InChI is InChI=1S/C24H31NO2S/c1-24(2,28(26,27)22-12-7-4-8-13-22)14-9-15-25-18-20-16-21(25)17-23(20)19-10-5-3-6-11-19/h3-8,10-13,20-21,23H,9,14-18H2,1-2H3/t20-,21-,23+/m1/s1. The van der Waals surface area contributed by atoms with E-state index in [1.54, 1.807) is 24.3 Å². The molecule has 0 amide bonds. The second-order valence-corrected chi connectivity index (χ2v) is 11.7. The van der Waals surface area contributed by atoms with Crippen LogP contribution in [0.25, 0.3) is 0 Å². The van der Waals surface area contributed by atoms with Gasteiger partial charge in [-0.25, -0.2) is 8.42 Å². The Bertz CT molecular complexity index is 893. The minimum Gasteiger partial charge on any atom is -0.300 e. The summed E-state index contributed by atoms with van der Waals surface area (Å²) < 4.78 is 25.3. The number of hydrogen-bond donors (Lipinski definition) is 0. The molecule has 0 radical (unpaired) electrons. The van der Waals surface area contributed by atoms with Crippen LogP contribution in [0.4, 0.5) is 0 Å². The summed E-state index contributed by atoms with van der Waals surface area (Å²) in [4.78, 5) is 3.04. The molecular weight excluding hydrogens is 366 g/mol. The summed E-state index contributed by atoms with van der Waals surface area (Å²) in [5.74, 6) is 1.46. The molecule has 4 rings (SSSR count). The smallest absolute Gasteiger partial charge is 0.183 e. The first-order valence-corrected chi connectivity index (χ1v) is 12.0. The number of hydrogen-bond acceptors (Lipinski definition) is 3. The van der Waals surface area contributed by atoms with Crippen LogP contribution in [0.1, 0.15) is 51.0 Å². The van der Waals surface area contributed by atoms with Gasteiger partial charge in [0.25, 0.3) is 0 Å². The Kier molecular flexibility index (Phi) is 5.36. The number of piperidine rings is 1. The third-order valence-electron chi connectivity index (χ3n) is 6.89. The fourth-order valence-corrected chi connectivity index (χ4v) is 6.76. The van der Waals surface area contributed by atoms with E-state index in [-0.39, 0.29) is 0 Å². The molecular formula is C24H31NO2S. The summed E-state index contributed by atoms with van der Waals surface area (Å²) in [5, 5.41) is 0. The first-order valence-electron chi connectivity index (χ1n) is 10.5. The molecule has 1 heterocycles. The highest BCUT2D eigenvalue weighted by atomic mass is 32.2. The van der Waals surface area contributed by atoms with E-state index in [1.807, 2.05) is 19.9 Å². The Morgan fingerprint density at radius 3 is 2.21 bits per heavy atom. The Morgan fingerprint density at radius 1 is 0.964 bits per heavy atom. The Balaban J connectivity index is 1.32. The van der Waals surface area contributed by atoms with Crippen molar-refractivity contribution in [1.29, 1.82) is 0 Å². The number of rotatable bonds is 7. The summed E-state index contributed by atoms with van der Waals surface area (Å²) in [5.41, 5.74) is 1.49. The molecule has 1 saturated heterocycles. The highest BCUT2D eigenvalue weighted by Crippen LogP contribution is 2.47. The van der Waals surface area contributed by atoms with Gasteiger partial charge in [0.15, 0.2) is 9.84 Å². The summed E-state index contributed by atoms with van der Waals surface area (Å²) >= 11 is 0. The zero-order valence-electron chi connectivity index (χ0n) is 16.9. The largest absolute Gasteiger partial charge is 0.300 e. The predicted octanol–water partition coefficient (Wildman–Crippen LogP) is 4.90. The van der Waals surface area contributed by atoms with Crippen molar-refractivity contribution < 1.29 is 8.42 Å². The minimum atomic E-state index is -3.31. The van der Waals surface area contributed by atoms with Gasteiger partial charge in [-0.05, 0) is 75.6 Å². The molecule has 150 valence electrons. The average Bonchev–Trinajstić information content (AvgIpc) is 3.30. The van der Waals surface area contributed by atoms with Crippen LogP contribution in [-0.4, -0.2) is 37.2 Å². The van der Waals surface area contributed by atoms with Crippen LogP contribution in [0, 0.1) is 5.92 Å². The molecule has 1 aliphatic carbocycles. The van der Waals surface area contributed by atoms with Crippen LogP contribution in [0.5, 0.6) is 0 Å². The van der Waals surface area contributed by atoms with E-state index in [2.05, 4.69) is 35.2 Å². The Morgan fingerprint density at radius 2 is 1.61 bits per heavy atom. The van der Waals surface area contributed by atoms with Gasteiger partial charge in [0.2, 0.25) is 0 Å². The lowest BCUT2D eigenvalue weighted by atomic mass is 9.87. The number of sulfone groups is 1. The quantitative estimate of drug-likeness (QED) is 0.667. The predicted molar refractivity (Wildman–Crippen MR) is 114 cm³/mol. The number of nitrogens with zero attached hydrogens (tertiary/aromatic N) is 1. The third-order valence-corrected chi connectivity index (χ3v) is 9.44. The van der Waals surface area contributed by atoms with Crippen molar-refractivity contribution >= 4 is 9.84 Å². The van der Waals surface area contributed by atoms with Crippen LogP contribution in [0.3, 0.4) is 0 Å². The summed E-state index contributed by atoms with van der Waals surface area (Å²) in [6, 6.07) is 20.5. The van der Waals surface area contributed by atoms with Crippen molar-refractivity contribution in [2.75, 3.05) is 13.1 Å². The molecule has 0 aromatic heterocycles. The topological polar surface area (TPSA) is 37.4 Å². The van der Waals surface area contributed by atoms with Gasteiger partial charge in [-0.3, -0.25) is 0 Å². The maximum Gasteiger partial charge on any atom is 0.183 e. The van der Waals surface area contributed by atoms with E-state index in [4.69, 9.17) is 0 Å². The van der Waals surface area contributed by atoms with Crippen molar-refractivity contribution in [2.45, 2.75) is 61.1 Å². The fourth-order valence-electron chi connectivity index (χ4n) is 5.19. The van der Waals surface area contributed by atoms with Gasteiger partial charge in [0, 0.05) is 12.6 Å². The van der Waals surface area contributed by atoms with E-state index in [0.717, 1.165) is 25.4 Å². The first-order chi connectivity index (χ1) is 13.4. The van der Waals surface area contributed by atoms with Crippen molar-refractivity contribution in [3.63, 3.8) is 0 Å². The number of benzene rings is 2. The molecule has 2 fully saturated rings. The molecule has 1 saturated carbocycles. The molecule has 1 aliphatic heterocycles. The van der Waals surface area contributed by atoms with Crippen molar-refractivity contribution in [3.8, 4) is 0 Å². The van der Waals surface area contributed by atoms with Crippen molar-refractivity contribution in [3.05, 3.63) is 66.2 Å². The van der Waals surface area contributed by atoms with Crippen molar-refractivity contribution in [2.24, 2.45) is 5.92 Å². The van der Waals surface area contributed by atoms with Crippen LogP contribution in [-0.2, 0) is 9.84 Å². The summed E-state index contributed by atoms with van der Waals surface area (Å²) in [6.45, 7) is 5.92. The maximum absolute atomic E-state index is 13.0. The molecule has 3 nitrogen and oxygen atoms in total. The summed E-state index contributed by atoms with van der Waals surface area (Å²) in [6.07, 6.45) is 4.17. The number of fused-ring (bicyclic) bond motifs is 2. The molecule has 0 N–H and O–H groups in total. The molecule has 28 heavy (non-hydrogen) atoms. The average molecular weight is 398 g/mol. The fraction of sp³-hybridized carbons (Fsp3) is 0.500. The van der Waals surface area contributed by atoms with E-state index in [1.165, 1.54) is 18.4 Å². The zero-order chi connectivity index (χ0) is 19.8. The molecule has 2 aromatic rings. The first kappa shape index (κ1) is 19.7. The summed E-state index contributed by atoms with van der Waals surface area (Å²) in [7, 11) is -3.31. The number of likely N-dealkylation sites (tertiary alicyclic amines) is 1. The van der Waals surface area contributed by atoms with Gasteiger partial charge < -0.3 is 4.90 Å².